The average molecular weight is 385 g/mol. The van der Waals surface area contributed by atoms with Crippen LogP contribution in [0.1, 0.15) is 49.6 Å². The second-order valence-electron chi connectivity index (χ2n) is 7.70. The Kier molecular flexibility index (Phi) is 6.86. The minimum Gasteiger partial charge on any atom is -0.373 e. The average Bonchev–Trinajstić information content (AvgIpc) is 3.07. The van der Waals surface area contributed by atoms with Crippen LogP contribution in [0.4, 0.5) is 0 Å². The third-order valence-corrected chi connectivity index (χ3v) is 5.60. The highest BCUT2D eigenvalue weighted by atomic mass is 16.5. The molecular formula is C22H32N4O2. The topological polar surface area (TPSA) is 50.6 Å². The molecule has 1 aliphatic heterocycles. The van der Waals surface area contributed by atoms with Gasteiger partial charge in [0.05, 0.1) is 11.8 Å². The van der Waals surface area contributed by atoms with Crippen molar-refractivity contribution in [2.24, 2.45) is 7.05 Å². The highest BCUT2D eigenvalue weighted by Crippen LogP contribution is 2.31. The number of aromatic nitrogens is 2. The summed E-state index contributed by atoms with van der Waals surface area (Å²) in [5.41, 5.74) is 3.67. The molecule has 2 atom stereocenters. The molecule has 0 bridgehead atoms. The van der Waals surface area contributed by atoms with E-state index in [1.165, 1.54) is 16.8 Å². The van der Waals surface area contributed by atoms with Crippen molar-refractivity contribution in [3.8, 4) is 0 Å². The lowest BCUT2D eigenvalue weighted by atomic mass is 9.95. The quantitative estimate of drug-likeness (QED) is 0.736. The number of hydrogen-bond donors (Lipinski definition) is 0. The Morgan fingerprint density at radius 3 is 2.61 bits per heavy atom. The fourth-order valence-corrected chi connectivity index (χ4v) is 4.07. The van der Waals surface area contributed by atoms with Gasteiger partial charge >= 0.3 is 0 Å². The van der Waals surface area contributed by atoms with E-state index in [1.807, 2.05) is 29.7 Å². The first kappa shape index (κ1) is 20.6. The number of carbonyl (C=O) groups is 1. The van der Waals surface area contributed by atoms with Crippen LogP contribution in [0.2, 0.25) is 0 Å². The fraction of sp³-hybridized carbons (Fsp3) is 0.545. The molecule has 1 aromatic heterocycles. The van der Waals surface area contributed by atoms with Crippen LogP contribution >= 0.6 is 0 Å². The molecule has 0 radical (unpaired) electrons. The van der Waals surface area contributed by atoms with Crippen LogP contribution in [-0.4, -0.2) is 51.7 Å². The molecule has 3 rings (SSSR count). The van der Waals surface area contributed by atoms with E-state index in [0.717, 1.165) is 32.5 Å². The van der Waals surface area contributed by atoms with E-state index in [9.17, 15) is 4.79 Å². The number of amides is 1. The Hall–Kier alpha value is -2.18. The van der Waals surface area contributed by atoms with E-state index in [0.29, 0.717) is 6.61 Å². The molecule has 1 fully saturated rings. The summed E-state index contributed by atoms with van der Waals surface area (Å²) in [5.74, 6) is 0.153. The van der Waals surface area contributed by atoms with Gasteiger partial charge in [0, 0.05) is 52.5 Å². The second kappa shape index (κ2) is 9.34. The molecule has 1 aromatic carbocycles. The molecule has 0 saturated carbocycles. The van der Waals surface area contributed by atoms with E-state index in [-0.39, 0.29) is 18.1 Å². The Bertz CT molecular complexity index is 771. The summed E-state index contributed by atoms with van der Waals surface area (Å²) in [6.07, 6.45) is 3.68. The molecule has 2 heterocycles. The molecule has 0 N–H and O–H groups in total. The second-order valence-corrected chi connectivity index (χ2v) is 7.70. The molecule has 152 valence electrons. The van der Waals surface area contributed by atoms with Gasteiger partial charge in [-0.05, 0) is 44.0 Å². The largest absolute Gasteiger partial charge is 0.373 e. The smallest absolute Gasteiger partial charge is 0.219 e. The fourth-order valence-electron chi connectivity index (χ4n) is 4.07. The molecule has 1 amide bonds. The Morgan fingerprint density at radius 2 is 2.00 bits per heavy atom. The Balaban J connectivity index is 1.59. The van der Waals surface area contributed by atoms with Crippen LogP contribution in [0.5, 0.6) is 0 Å². The molecule has 0 spiro atoms. The van der Waals surface area contributed by atoms with Gasteiger partial charge in [0.25, 0.3) is 0 Å². The summed E-state index contributed by atoms with van der Waals surface area (Å²) in [6.45, 7) is 6.91. The maximum Gasteiger partial charge on any atom is 0.219 e. The van der Waals surface area contributed by atoms with Crippen LogP contribution in [0, 0.1) is 0 Å². The van der Waals surface area contributed by atoms with Gasteiger partial charge in [0.2, 0.25) is 5.91 Å². The minimum absolute atomic E-state index is 0.0633. The number of nitrogens with zero attached hydrogens (tertiary/aromatic N) is 4. The normalized spacial score (nSPS) is 19.8. The number of ether oxygens (including phenoxy) is 1. The van der Waals surface area contributed by atoms with Gasteiger partial charge in [-0.1, -0.05) is 24.3 Å². The van der Waals surface area contributed by atoms with Crippen LogP contribution in [-0.2, 0) is 29.7 Å². The van der Waals surface area contributed by atoms with Crippen molar-refractivity contribution in [3.63, 3.8) is 0 Å². The van der Waals surface area contributed by atoms with Crippen LogP contribution in [0.15, 0.2) is 36.5 Å². The van der Waals surface area contributed by atoms with Crippen molar-refractivity contribution >= 4 is 5.91 Å². The Labute approximate surface area is 168 Å². The van der Waals surface area contributed by atoms with Gasteiger partial charge in [-0.15, -0.1) is 0 Å². The van der Waals surface area contributed by atoms with Crippen LogP contribution in [0.25, 0.3) is 0 Å². The number of carbonyl (C=O) groups excluding carboxylic acids is 1. The van der Waals surface area contributed by atoms with Gasteiger partial charge in [0.15, 0.2) is 0 Å². The van der Waals surface area contributed by atoms with E-state index in [2.05, 4.69) is 47.4 Å². The van der Waals surface area contributed by atoms with Gasteiger partial charge in [0.1, 0.15) is 0 Å². The van der Waals surface area contributed by atoms with E-state index in [4.69, 9.17) is 4.74 Å². The zero-order valence-electron chi connectivity index (χ0n) is 17.5. The predicted octanol–water partition coefficient (Wildman–Crippen LogP) is 3.14. The zero-order chi connectivity index (χ0) is 20.1. The highest BCUT2D eigenvalue weighted by molar-refractivity contribution is 5.73. The molecule has 0 aliphatic carbocycles. The molecule has 6 heteroatoms. The van der Waals surface area contributed by atoms with Crippen molar-refractivity contribution in [1.82, 2.24) is 19.6 Å². The Morgan fingerprint density at radius 1 is 1.25 bits per heavy atom. The maximum absolute atomic E-state index is 11.9. The van der Waals surface area contributed by atoms with Crippen molar-refractivity contribution in [2.45, 2.75) is 51.9 Å². The van der Waals surface area contributed by atoms with Crippen molar-refractivity contribution < 1.29 is 9.53 Å². The lowest BCUT2D eigenvalue weighted by molar-refractivity contribution is -0.134. The number of benzene rings is 1. The number of rotatable bonds is 7. The first-order valence-electron chi connectivity index (χ1n) is 10.1. The number of hydrogen-bond acceptors (Lipinski definition) is 4. The van der Waals surface area contributed by atoms with Crippen molar-refractivity contribution in [3.05, 3.63) is 53.3 Å². The summed E-state index contributed by atoms with van der Waals surface area (Å²) in [4.78, 5) is 16.1. The molecule has 6 nitrogen and oxygen atoms in total. The van der Waals surface area contributed by atoms with E-state index in [1.54, 1.807) is 6.92 Å². The van der Waals surface area contributed by atoms with Crippen LogP contribution in [0.3, 0.4) is 0 Å². The van der Waals surface area contributed by atoms with Gasteiger partial charge in [-0.2, -0.15) is 5.10 Å². The molecule has 2 aromatic rings. The summed E-state index contributed by atoms with van der Waals surface area (Å²) < 4.78 is 7.93. The summed E-state index contributed by atoms with van der Waals surface area (Å²) >= 11 is 0. The van der Waals surface area contributed by atoms with Crippen molar-refractivity contribution in [2.75, 3.05) is 20.2 Å². The standard InChI is InChI=1S/C22H32N4O2/c1-5-26(17(2)27)20-11-13-28-22(14-20)19-8-6-18(7-9-19)15-24(3)16-21-10-12-23-25(21)4/h6-10,12,20,22H,5,11,13-16H2,1-4H3/t20-,22+/m1/s1. The maximum atomic E-state index is 11.9. The minimum atomic E-state index is 0.0633. The van der Waals surface area contributed by atoms with Gasteiger partial charge in [-0.3, -0.25) is 14.4 Å². The van der Waals surface area contributed by atoms with E-state index >= 15 is 0 Å². The molecule has 1 saturated heterocycles. The third-order valence-electron chi connectivity index (χ3n) is 5.60. The zero-order valence-corrected chi connectivity index (χ0v) is 17.5. The molecule has 0 unspecified atom stereocenters. The van der Waals surface area contributed by atoms with E-state index < -0.39 is 0 Å². The summed E-state index contributed by atoms with van der Waals surface area (Å²) in [6, 6.07) is 11.0. The molecule has 28 heavy (non-hydrogen) atoms. The third kappa shape index (κ3) is 5.00. The first-order valence-corrected chi connectivity index (χ1v) is 10.1. The van der Waals surface area contributed by atoms with Crippen LogP contribution < -0.4 is 0 Å². The highest BCUT2D eigenvalue weighted by Gasteiger charge is 2.28. The monoisotopic (exact) mass is 384 g/mol. The summed E-state index contributed by atoms with van der Waals surface area (Å²) in [7, 11) is 4.10. The van der Waals surface area contributed by atoms with Crippen molar-refractivity contribution in [1.29, 1.82) is 0 Å². The number of aryl methyl sites for hydroxylation is 1. The SMILES string of the molecule is CCN(C(C)=O)[C@@H]1CCO[C@H](c2ccc(CN(C)Cc3ccnn3C)cc2)C1. The summed E-state index contributed by atoms with van der Waals surface area (Å²) in [5, 5.41) is 4.23. The van der Waals surface area contributed by atoms with Gasteiger partial charge < -0.3 is 9.64 Å². The molecular weight excluding hydrogens is 352 g/mol. The lowest BCUT2D eigenvalue weighted by Gasteiger charge is -2.36. The van der Waals surface area contributed by atoms with Gasteiger partial charge in [-0.25, -0.2) is 0 Å². The first-order chi connectivity index (χ1) is 13.5. The molecule has 1 aliphatic rings. The lowest BCUT2D eigenvalue weighted by Crippen LogP contribution is -2.42. The predicted molar refractivity (Wildman–Crippen MR) is 110 cm³/mol.